The van der Waals surface area contributed by atoms with Crippen LogP contribution in [0.15, 0.2) is 24.3 Å². The fraction of sp³-hybridized carbons (Fsp3) is 0.632. The van der Waals surface area contributed by atoms with Gasteiger partial charge in [0.25, 0.3) is 0 Å². The Morgan fingerprint density at radius 3 is 2.17 bits per heavy atom. The molecule has 0 saturated carbocycles. The maximum Gasteiger partial charge on any atom is 0.338 e. The fourth-order valence-corrected chi connectivity index (χ4v) is 2.79. The van der Waals surface area contributed by atoms with Gasteiger partial charge in [0.2, 0.25) is 0 Å². The first-order valence-corrected chi connectivity index (χ1v) is 8.48. The third-order valence-corrected chi connectivity index (χ3v) is 4.41. The van der Waals surface area contributed by atoms with E-state index in [1.807, 2.05) is 31.2 Å². The SMILES string of the molecule is CC(CN1CCN(C)CC1)OC(=O)c1ccc(C(C)(C)C)cc1.Cl. The van der Waals surface area contributed by atoms with Gasteiger partial charge in [-0.3, -0.25) is 4.90 Å². The van der Waals surface area contributed by atoms with Crippen molar-refractivity contribution in [1.82, 2.24) is 9.80 Å². The van der Waals surface area contributed by atoms with Crippen molar-refractivity contribution in [2.75, 3.05) is 39.8 Å². The van der Waals surface area contributed by atoms with Gasteiger partial charge in [-0.25, -0.2) is 4.79 Å². The van der Waals surface area contributed by atoms with Crippen molar-refractivity contribution in [2.24, 2.45) is 0 Å². The predicted octanol–water partition coefficient (Wildman–Crippen LogP) is 3.20. The Balaban J connectivity index is 0.00000288. The molecule has 136 valence electrons. The number of esters is 1. The summed E-state index contributed by atoms with van der Waals surface area (Å²) in [6, 6.07) is 7.76. The number of piperazine rings is 1. The van der Waals surface area contributed by atoms with Gasteiger partial charge in [0.1, 0.15) is 6.10 Å². The van der Waals surface area contributed by atoms with Gasteiger partial charge in [-0.05, 0) is 37.1 Å². The third kappa shape index (κ3) is 6.08. The second-order valence-corrected chi connectivity index (χ2v) is 7.65. The Morgan fingerprint density at radius 1 is 1.12 bits per heavy atom. The zero-order valence-electron chi connectivity index (χ0n) is 15.5. The Bertz CT molecular complexity index is 517. The summed E-state index contributed by atoms with van der Waals surface area (Å²) >= 11 is 0. The summed E-state index contributed by atoms with van der Waals surface area (Å²) in [4.78, 5) is 16.9. The quantitative estimate of drug-likeness (QED) is 0.777. The highest BCUT2D eigenvalue weighted by molar-refractivity contribution is 5.89. The van der Waals surface area contributed by atoms with Gasteiger partial charge in [0, 0.05) is 32.7 Å². The third-order valence-electron chi connectivity index (χ3n) is 4.41. The number of carbonyl (C=O) groups excluding carboxylic acids is 1. The standard InChI is InChI=1S/C19H30N2O2.ClH/c1-15(14-21-12-10-20(5)11-13-21)23-18(22)16-6-8-17(9-7-16)19(2,3)4;/h6-9,15H,10-14H2,1-5H3;1H. The van der Waals surface area contributed by atoms with E-state index in [4.69, 9.17) is 4.74 Å². The molecule has 1 atom stereocenters. The number of hydrogen-bond acceptors (Lipinski definition) is 4. The second kappa shape index (κ2) is 8.84. The maximum absolute atomic E-state index is 12.3. The first-order valence-electron chi connectivity index (χ1n) is 8.48. The zero-order chi connectivity index (χ0) is 17.0. The number of rotatable bonds is 4. The molecular formula is C19H31ClN2O2. The average molecular weight is 355 g/mol. The first kappa shape index (κ1) is 20.9. The molecular weight excluding hydrogens is 324 g/mol. The molecule has 5 heteroatoms. The lowest BCUT2D eigenvalue weighted by Gasteiger charge is -2.33. The average Bonchev–Trinajstić information content (AvgIpc) is 2.49. The van der Waals surface area contributed by atoms with Crippen molar-refractivity contribution >= 4 is 18.4 Å². The number of benzene rings is 1. The van der Waals surface area contributed by atoms with E-state index >= 15 is 0 Å². The highest BCUT2D eigenvalue weighted by Crippen LogP contribution is 2.22. The minimum absolute atomic E-state index is 0. The molecule has 0 amide bonds. The molecule has 0 N–H and O–H groups in total. The largest absolute Gasteiger partial charge is 0.458 e. The molecule has 0 aliphatic carbocycles. The van der Waals surface area contributed by atoms with Crippen LogP contribution in [0.5, 0.6) is 0 Å². The van der Waals surface area contributed by atoms with Gasteiger partial charge in [-0.15, -0.1) is 12.4 Å². The van der Waals surface area contributed by atoms with E-state index in [1.165, 1.54) is 5.56 Å². The lowest BCUT2D eigenvalue weighted by Crippen LogP contribution is -2.47. The summed E-state index contributed by atoms with van der Waals surface area (Å²) in [5.74, 6) is -0.230. The normalized spacial score (nSPS) is 17.9. The molecule has 24 heavy (non-hydrogen) atoms. The first-order chi connectivity index (χ1) is 10.8. The molecule has 1 aliphatic heterocycles. The number of likely N-dealkylation sites (N-methyl/N-ethyl adjacent to an activating group) is 1. The van der Waals surface area contributed by atoms with Crippen LogP contribution in [0, 0.1) is 0 Å². The van der Waals surface area contributed by atoms with E-state index < -0.39 is 0 Å². The molecule has 1 saturated heterocycles. The van der Waals surface area contributed by atoms with Crippen LogP contribution in [0.2, 0.25) is 0 Å². The highest BCUT2D eigenvalue weighted by Gasteiger charge is 2.19. The minimum Gasteiger partial charge on any atom is -0.458 e. The smallest absolute Gasteiger partial charge is 0.338 e. The van der Waals surface area contributed by atoms with E-state index in [1.54, 1.807) is 0 Å². The Labute approximate surface area is 152 Å². The number of nitrogens with zero attached hydrogens (tertiary/aromatic N) is 2. The van der Waals surface area contributed by atoms with E-state index in [0.717, 1.165) is 32.7 Å². The van der Waals surface area contributed by atoms with E-state index in [9.17, 15) is 4.79 Å². The van der Waals surface area contributed by atoms with E-state index in [-0.39, 0.29) is 29.9 Å². The molecule has 0 spiro atoms. The predicted molar refractivity (Wildman–Crippen MR) is 101 cm³/mol. The van der Waals surface area contributed by atoms with Crippen LogP contribution in [0.1, 0.15) is 43.6 Å². The summed E-state index contributed by atoms with van der Waals surface area (Å²) in [5.41, 5.74) is 1.94. The molecule has 1 aliphatic rings. The Morgan fingerprint density at radius 2 is 1.67 bits per heavy atom. The van der Waals surface area contributed by atoms with E-state index in [0.29, 0.717) is 5.56 Å². The van der Waals surface area contributed by atoms with Gasteiger partial charge in [-0.1, -0.05) is 32.9 Å². The van der Waals surface area contributed by atoms with Crippen LogP contribution in [0.3, 0.4) is 0 Å². The van der Waals surface area contributed by atoms with Crippen LogP contribution in [0.4, 0.5) is 0 Å². The summed E-state index contributed by atoms with van der Waals surface area (Å²) in [7, 11) is 2.14. The van der Waals surface area contributed by atoms with Crippen molar-refractivity contribution in [3.8, 4) is 0 Å². The molecule has 0 bridgehead atoms. The van der Waals surface area contributed by atoms with Gasteiger partial charge in [-0.2, -0.15) is 0 Å². The number of ether oxygens (including phenoxy) is 1. The Kier molecular flexibility index (Phi) is 7.71. The number of carbonyl (C=O) groups is 1. The molecule has 0 aromatic heterocycles. The van der Waals surface area contributed by atoms with Crippen molar-refractivity contribution in [1.29, 1.82) is 0 Å². The van der Waals surface area contributed by atoms with Crippen molar-refractivity contribution < 1.29 is 9.53 Å². The van der Waals surface area contributed by atoms with Crippen LogP contribution in [0.25, 0.3) is 0 Å². The van der Waals surface area contributed by atoms with E-state index in [2.05, 4.69) is 37.6 Å². The van der Waals surface area contributed by atoms with Crippen LogP contribution in [-0.2, 0) is 10.2 Å². The van der Waals surface area contributed by atoms with Crippen molar-refractivity contribution in [3.05, 3.63) is 35.4 Å². The molecule has 1 aromatic rings. The van der Waals surface area contributed by atoms with Crippen LogP contribution in [-0.4, -0.2) is 61.6 Å². The summed E-state index contributed by atoms with van der Waals surface area (Å²) in [6.45, 7) is 13.5. The molecule has 0 radical (unpaired) electrons. The number of halogens is 1. The lowest BCUT2D eigenvalue weighted by molar-refractivity contribution is 0.0207. The van der Waals surface area contributed by atoms with Gasteiger partial charge >= 0.3 is 5.97 Å². The fourth-order valence-electron chi connectivity index (χ4n) is 2.79. The van der Waals surface area contributed by atoms with Crippen molar-refractivity contribution in [2.45, 2.75) is 39.2 Å². The minimum atomic E-state index is -0.230. The zero-order valence-corrected chi connectivity index (χ0v) is 16.4. The second-order valence-electron chi connectivity index (χ2n) is 7.65. The van der Waals surface area contributed by atoms with Gasteiger partial charge < -0.3 is 9.64 Å². The molecule has 2 rings (SSSR count). The lowest BCUT2D eigenvalue weighted by atomic mass is 9.87. The summed E-state index contributed by atoms with van der Waals surface area (Å²) in [6.07, 6.45) is -0.0896. The summed E-state index contributed by atoms with van der Waals surface area (Å²) in [5, 5.41) is 0. The Hall–Kier alpha value is -1.10. The maximum atomic E-state index is 12.3. The molecule has 1 unspecified atom stereocenters. The molecule has 1 heterocycles. The van der Waals surface area contributed by atoms with Crippen LogP contribution >= 0.6 is 12.4 Å². The van der Waals surface area contributed by atoms with Crippen molar-refractivity contribution in [3.63, 3.8) is 0 Å². The highest BCUT2D eigenvalue weighted by atomic mass is 35.5. The monoisotopic (exact) mass is 354 g/mol. The van der Waals surface area contributed by atoms with Gasteiger partial charge in [0.05, 0.1) is 5.56 Å². The topological polar surface area (TPSA) is 32.8 Å². The number of hydrogen-bond donors (Lipinski definition) is 0. The van der Waals surface area contributed by atoms with Crippen LogP contribution < -0.4 is 0 Å². The molecule has 4 nitrogen and oxygen atoms in total. The summed E-state index contributed by atoms with van der Waals surface area (Å²) < 4.78 is 5.60. The van der Waals surface area contributed by atoms with Gasteiger partial charge in [0.15, 0.2) is 0 Å². The molecule has 1 fully saturated rings. The molecule has 1 aromatic carbocycles.